The van der Waals surface area contributed by atoms with Crippen LogP contribution in [0.4, 0.5) is 10.1 Å². The third kappa shape index (κ3) is 5.95. The summed E-state index contributed by atoms with van der Waals surface area (Å²) >= 11 is 0. The fourth-order valence-corrected chi connectivity index (χ4v) is 4.01. The van der Waals surface area contributed by atoms with Gasteiger partial charge in [0.15, 0.2) is 0 Å². The predicted molar refractivity (Wildman–Crippen MR) is 139 cm³/mol. The number of halogens is 1. The zero-order valence-electron chi connectivity index (χ0n) is 20.6. The van der Waals surface area contributed by atoms with Crippen molar-refractivity contribution in [2.45, 2.75) is 40.5 Å². The molecule has 1 heterocycles. The van der Waals surface area contributed by atoms with Gasteiger partial charge in [0.2, 0.25) is 0 Å². The van der Waals surface area contributed by atoms with Gasteiger partial charge in [0.1, 0.15) is 5.82 Å². The van der Waals surface area contributed by atoms with E-state index in [0.29, 0.717) is 22.7 Å². The Kier molecular flexibility index (Phi) is 9.40. The zero-order valence-corrected chi connectivity index (χ0v) is 20.6. The number of rotatable bonds is 5. The van der Waals surface area contributed by atoms with Crippen molar-refractivity contribution in [2.24, 2.45) is 10.9 Å². The lowest BCUT2D eigenvalue weighted by atomic mass is 9.93. The van der Waals surface area contributed by atoms with E-state index in [-0.39, 0.29) is 5.82 Å². The van der Waals surface area contributed by atoms with Crippen molar-refractivity contribution in [1.82, 2.24) is 10.2 Å². The molecule has 2 aromatic carbocycles. The fourth-order valence-electron chi connectivity index (χ4n) is 4.01. The normalized spacial score (nSPS) is 15.2. The highest BCUT2D eigenvalue weighted by Crippen LogP contribution is 2.32. The smallest absolute Gasteiger partial charge is 0.140 e. The van der Waals surface area contributed by atoms with Crippen LogP contribution in [-0.2, 0) is 0 Å². The van der Waals surface area contributed by atoms with Gasteiger partial charge in [0.25, 0.3) is 0 Å². The van der Waals surface area contributed by atoms with Crippen molar-refractivity contribution in [3.8, 4) is 11.1 Å². The molecule has 0 unspecified atom stereocenters. The van der Waals surface area contributed by atoms with E-state index < -0.39 is 0 Å². The number of aliphatic imine (C=N–C) groups is 1. The molecule has 3 nitrogen and oxygen atoms in total. The summed E-state index contributed by atoms with van der Waals surface area (Å²) in [4.78, 5) is 6.76. The quantitative estimate of drug-likeness (QED) is 0.648. The first-order chi connectivity index (χ1) is 15.3. The van der Waals surface area contributed by atoms with Crippen LogP contribution < -0.4 is 15.8 Å². The second kappa shape index (κ2) is 11.8. The van der Waals surface area contributed by atoms with Gasteiger partial charge in [-0.3, -0.25) is 4.99 Å². The van der Waals surface area contributed by atoms with Crippen molar-refractivity contribution in [3.05, 3.63) is 58.2 Å². The van der Waals surface area contributed by atoms with Gasteiger partial charge in [0.05, 0.1) is 5.69 Å². The molecule has 4 heteroatoms. The van der Waals surface area contributed by atoms with Crippen LogP contribution in [0.1, 0.15) is 44.7 Å². The Morgan fingerprint density at radius 3 is 2.44 bits per heavy atom. The Morgan fingerprint density at radius 2 is 1.84 bits per heavy atom. The van der Waals surface area contributed by atoms with E-state index in [0.717, 1.165) is 53.2 Å². The number of hydrogen-bond donors (Lipinski definition) is 1. The molecule has 1 saturated heterocycles. The van der Waals surface area contributed by atoms with E-state index in [1.807, 2.05) is 77.2 Å². The summed E-state index contributed by atoms with van der Waals surface area (Å²) in [7, 11) is 3.94. The standard InChI is InChI=1S/C26H32FN3.C2H6/c1-7-23-25(29-19(4)20-10-12-28-13-11-20)9-8-24(26(23)27)21-14-17(2)18(3)22(15-21)16-30(5)6;1-2/h7-9,14-16,20,28H,1,3,10-13H2,2,4-6H3;1-2H3/b22-16-,29-19?;. The second-order valence-electron chi connectivity index (χ2n) is 8.30. The van der Waals surface area contributed by atoms with Gasteiger partial charge >= 0.3 is 0 Å². The minimum Gasteiger partial charge on any atom is -0.383 e. The molecule has 0 atom stereocenters. The highest BCUT2D eigenvalue weighted by Gasteiger charge is 2.18. The first-order valence-electron chi connectivity index (χ1n) is 11.5. The highest BCUT2D eigenvalue weighted by atomic mass is 19.1. The summed E-state index contributed by atoms with van der Waals surface area (Å²) in [6.07, 6.45) is 5.72. The molecule has 1 N–H and O–H groups in total. The van der Waals surface area contributed by atoms with Crippen molar-refractivity contribution < 1.29 is 4.39 Å². The number of nitrogens with one attached hydrogen (secondary N) is 1. The van der Waals surface area contributed by atoms with Crippen LogP contribution in [-0.4, -0.2) is 37.8 Å². The third-order valence-corrected chi connectivity index (χ3v) is 5.80. The Morgan fingerprint density at radius 1 is 1.19 bits per heavy atom. The van der Waals surface area contributed by atoms with Gasteiger partial charge in [-0.2, -0.15) is 0 Å². The van der Waals surface area contributed by atoms with Gasteiger partial charge in [-0.25, -0.2) is 4.39 Å². The van der Waals surface area contributed by atoms with Crippen LogP contribution in [0.5, 0.6) is 0 Å². The van der Waals surface area contributed by atoms with Gasteiger partial charge in [0, 0.05) is 37.1 Å². The van der Waals surface area contributed by atoms with Crippen LogP contribution in [0.3, 0.4) is 0 Å². The number of hydrogen-bond acceptors (Lipinski definition) is 3. The maximum absolute atomic E-state index is 15.6. The molecule has 0 spiro atoms. The molecule has 1 fully saturated rings. The molecule has 0 aromatic heterocycles. The first-order valence-corrected chi connectivity index (χ1v) is 11.5. The number of nitrogens with zero attached hydrogens (tertiary/aromatic N) is 2. The SMILES string of the molecule is C=Cc1c(N=C(C)C2CCNCC2)ccc(-c2cc(C)c(=C)/c(=C\N(C)C)c2)c1F.CC. The summed E-state index contributed by atoms with van der Waals surface area (Å²) in [5, 5.41) is 5.31. The van der Waals surface area contributed by atoms with Gasteiger partial charge in [-0.05, 0) is 85.5 Å². The molecule has 32 heavy (non-hydrogen) atoms. The maximum Gasteiger partial charge on any atom is 0.140 e. The van der Waals surface area contributed by atoms with Crippen molar-refractivity contribution >= 4 is 30.3 Å². The first kappa shape index (κ1) is 25.5. The van der Waals surface area contributed by atoms with Gasteiger partial charge < -0.3 is 10.2 Å². The molecule has 0 bridgehead atoms. The van der Waals surface area contributed by atoms with E-state index in [2.05, 4.69) is 18.5 Å². The average molecular weight is 436 g/mol. The van der Waals surface area contributed by atoms with Crippen LogP contribution in [0.25, 0.3) is 30.0 Å². The summed E-state index contributed by atoms with van der Waals surface area (Å²) < 4.78 is 15.6. The zero-order chi connectivity index (χ0) is 23.8. The molecule has 1 aliphatic rings. The molecule has 3 rings (SSSR count). The lowest BCUT2D eigenvalue weighted by Gasteiger charge is -2.22. The van der Waals surface area contributed by atoms with Crippen molar-refractivity contribution in [2.75, 3.05) is 27.2 Å². The van der Waals surface area contributed by atoms with E-state index >= 15 is 4.39 Å². The van der Waals surface area contributed by atoms with E-state index in [1.54, 1.807) is 6.08 Å². The van der Waals surface area contributed by atoms with E-state index in [1.165, 1.54) is 0 Å². The van der Waals surface area contributed by atoms with Crippen molar-refractivity contribution in [1.29, 1.82) is 0 Å². The molecule has 2 aromatic rings. The number of benzene rings is 2. The Hall–Kier alpha value is -2.72. The molecule has 0 amide bonds. The predicted octanol–water partition coefficient (Wildman–Crippen LogP) is 5.27. The molecule has 1 aliphatic heterocycles. The molecule has 0 aliphatic carbocycles. The molecule has 172 valence electrons. The topological polar surface area (TPSA) is 27.6 Å². The molecular formula is C28H38FN3. The molecule has 0 radical (unpaired) electrons. The fraction of sp³-hybridized carbons (Fsp3) is 0.393. The van der Waals surface area contributed by atoms with Crippen LogP contribution >= 0.6 is 0 Å². The van der Waals surface area contributed by atoms with E-state index in [4.69, 9.17) is 4.99 Å². The largest absolute Gasteiger partial charge is 0.383 e. The van der Waals surface area contributed by atoms with Crippen LogP contribution in [0.2, 0.25) is 0 Å². The Labute approximate surface area is 193 Å². The van der Waals surface area contributed by atoms with Crippen LogP contribution in [0.15, 0.2) is 35.8 Å². The minimum absolute atomic E-state index is 0.281. The molecular weight excluding hydrogens is 397 g/mol. The second-order valence-corrected chi connectivity index (χ2v) is 8.30. The van der Waals surface area contributed by atoms with Crippen LogP contribution in [0, 0.1) is 18.7 Å². The van der Waals surface area contributed by atoms with Gasteiger partial charge in [-0.15, -0.1) is 0 Å². The lowest BCUT2D eigenvalue weighted by Crippen LogP contribution is -2.30. The number of aryl methyl sites for hydroxylation is 1. The number of piperidine rings is 1. The molecule has 0 saturated carbocycles. The Balaban J connectivity index is 0.00000176. The summed E-state index contributed by atoms with van der Waals surface area (Å²) in [6, 6.07) is 7.71. The van der Waals surface area contributed by atoms with Gasteiger partial charge in [-0.1, -0.05) is 39.1 Å². The summed E-state index contributed by atoms with van der Waals surface area (Å²) in [5.74, 6) is 0.166. The minimum atomic E-state index is -0.281. The summed E-state index contributed by atoms with van der Waals surface area (Å²) in [6.45, 7) is 18.1. The Bertz CT molecular complexity index is 1080. The monoisotopic (exact) mass is 435 g/mol. The average Bonchev–Trinajstić information content (AvgIpc) is 2.78. The van der Waals surface area contributed by atoms with E-state index in [9.17, 15) is 0 Å². The lowest BCUT2D eigenvalue weighted by molar-refractivity contribution is 0.455. The highest BCUT2D eigenvalue weighted by molar-refractivity contribution is 5.88. The third-order valence-electron chi connectivity index (χ3n) is 5.80. The van der Waals surface area contributed by atoms with Crippen molar-refractivity contribution in [3.63, 3.8) is 0 Å². The maximum atomic E-state index is 15.6. The summed E-state index contributed by atoms with van der Waals surface area (Å²) in [5.41, 5.74) is 4.58.